The summed E-state index contributed by atoms with van der Waals surface area (Å²) in [4.78, 5) is 33.3. The predicted molar refractivity (Wildman–Crippen MR) is 144 cm³/mol. The van der Waals surface area contributed by atoms with E-state index >= 15 is 0 Å². The molecule has 184 valence electrons. The van der Waals surface area contributed by atoms with Crippen LogP contribution in [0.15, 0.2) is 90.3 Å². The van der Waals surface area contributed by atoms with Crippen molar-refractivity contribution in [2.75, 3.05) is 12.4 Å². The van der Waals surface area contributed by atoms with Crippen molar-refractivity contribution in [2.45, 2.75) is 32.4 Å². The van der Waals surface area contributed by atoms with Gasteiger partial charge in [0.1, 0.15) is 16.8 Å². The number of methoxy groups -OCH3 is 1. The molecule has 0 saturated carbocycles. The van der Waals surface area contributed by atoms with Crippen LogP contribution in [0.2, 0.25) is 0 Å². The second-order valence-electron chi connectivity index (χ2n) is 8.32. The molecular formula is C29H29N3O3S. The Bertz CT molecular complexity index is 1270. The number of thiazole rings is 1. The fourth-order valence-electron chi connectivity index (χ4n) is 3.96. The maximum atomic E-state index is 13.5. The van der Waals surface area contributed by atoms with E-state index in [2.05, 4.69) is 5.32 Å². The zero-order valence-corrected chi connectivity index (χ0v) is 21.2. The van der Waals surface area contributed by atoms with Crippen LogP contribution in [0, 0.1) is 0 Å². The number of nitrogens with one attached hydrogen (secondary N) is 1. The monoisotopic (exact) mass is 499 g/mol. The largest absolute Gasteiger partial charge is 0.497 e. The van der Waals surface area contributed by atoms with E-state index in [9.17, 15) is 9.59 Å². The van der Waals surface area contributed by atoms with Crippen molar-refractivity contribution >= 4 is 28.8 Å². The molecule has 1 atom stereocenters. The summed E-state index contributed by atoms with van der Waals surface area (Å²) in [6.07, 6.45) is 0.684. The Hall–Kier alpha value is -3.97. The molecule has 1 unspecified atom stereocenters. The van der Waals surface area contributed by atoms with Crippen molar-refractivity contribution < 1.29 is 14.3 Å². The van der Waals surface area contributed by atoms with E-state index in [1.807, 2.05) is 73.0 Å². The van der Waals surface area contributed by atoms with Crippen LogP contribution < -0.4 is 10.1 Å². The van der Waals surface area contributed by atoms with Gasteiger partial charge in [-0.2, -0.15) is 0 Å². The highest BCUT2D eigenvalue weighted by molar-refractivity contribution is 7.09. The number of nitrogens with zero attached hydrogens (tertiary/aromatic N) is 2. The molecule has 4 aromatic rings. The van der Waals surface area contributed by atoms with Crippen LogP contribution in [0.5, 0.6) is 5.75 Å². The SMILES string of the molecule is CCC(C(=O)Nc1ccc(OC)cc1)N(Cc1nc(-c2ccccc2)cs1)C(=O)Cc1ccccc1. The minimum Gasteiger partial charge on any atom is -0.497 e. The number of amides is 2. The fraction of sp³-hybridized carbons (Fsp3) is 0.207. The second kappa shape index (κ2) is 12.1. The number of aromatic nitrogens is 1. The lowest BCUT2D eigenvalue weighted by atomic mass is 10.1. The van der Waals surface area contributed by atoms with E-state index in [0.717, 1.165) is 21.8 Å². The Morgan fingerprint density at radius 1 is 0.972 bits per heavy atom. The van der Waals surface area contributed by atoms with E-state index in [0.29, 0.717) is 17.9 Å². The van der Waals surface area contributed by atoms with Crippen LogP contribution in [-0.2, 0) is 22.6 Å². The van der Waals surface area contributed by atoms with Crippen molar-refractivity contribution in [3.05, 3.63) is 101 Å². The normalized spacial score (nSPS) is 11.5. The molecular weight excluding hydrogens is 470 g/mol. The molecule has 2 amide bonds. The van der Waals surface area contributed by atoms with Crippen LogP contribution in [0.4, 0.5) is 5.69 Å². The number of carbonyl (C=O) groups excluding carboxylic acids is 2. The third kappa shape index (κ3) is 6.37. The van der Waals surface area contributed by atoms with Gasteiger partial charge in [-0.15, -0.1) is 11.3 Å². The molecule has 0 bridgehead atoms. The van der Waals surface area contributed by atoms with Gasteiger partial charge in [0, 0.05) is 16.6 Å². The predicted octanol–water partition coefficient (Wildman–Crippen LogP) is 5.81. The number of benzene rings is 3. The molecule has 36 heavy (non-hydrogen) atoms. The summed E-state index contributed by atoms with van der Waals surface area (Å²) < 4.78 is 5.20. The molecule has 0 saturated heterocycles. The van der Waals surface area contributed by atoms with Gasteiger partial charge in [0.25, 0.3) is 0 Å². The summed E-state index contributed by atoms with van der Waals surface area (Å²) in [5.74, 6) is 0.357. The molecule has 1 heterocycles. The van der Waals surface area contributed by atoms with Crippen LogP contribution in [0.1, 0.15) is 23.9 Å². The van der Waals surface area contributed by atoms with Crippen LogP contribution in [0.25, 0.3) is 11.3 Å². The lowest BCUT2D eigenvalue weighted by Gasteiger charge is -2.30. The van der Waals surface area contributed by atoms with Crippen LogP contribution in [0.3, 0.4) is 0 Å². The minimum absolute atomic E-state index is 0.116. The van der Waals surface area contributed by atoms with Crippen LogP contribution >= 0.6 is 11.3 Å². The van der Waals surface area contributed by atoms with Crippen molar-refractivity contribution in [3.63, 3.8) is 0 Å². The number of ether oxygens (including phenoxy) is 1. The first-order chi connectivity index (χ1) is 17.6. The standard InChI is InChI=1S/C29H29N3O3S/c1-3-26(29(34)30-23-14-16-24(35-2)17-15-23)32(28(33)18-21-10-6-4-7-11-21)19-27-31-25(20-36-27)22-12-8-5-9-13-22/h4-17,20,26H,3,18-19H2,1-2H3,(H,30,34). The summed E-state index contributed by atoms with van der Waals surface area (Å²) in [7, 11) is 1.60. The highest BCUT2D eigenvalue weighted by Gasteiger charge is 2.29. The second-order valence-corrected chi connectivity index (χ2v) is 9.26. The van der Waals surface area contributed by atoms with E-state index in [1.165, 1.54) is 11.3 Å². The van der Waals surface area contributed by atoms with Gasteiger partial charge in [-0.3, -0.25) is 9.59 Å². The Kier molecular flexibility index (Phi) is 8.47. The number of anilines is 1. The van der Waals surface area contributed by atoms with Crippen molar-refractivity contribution in [2.24, 2.45) is 0 Å². The fourth-order valence-corrected chi connectivity index (χ4v) is 4.76. The van der Waals surface area contributed by atoms with Crippen LogP contribution in [-0.4, -0.2) is 34.8 Å². The summed E-state index contributed by atoms with van der Waals surface area (Å²) in [6, 6.07) is 26.0. The molecule has 0 aliphatic heterocycles. The zero-order valence-electron chi connectivity index (χ0n) is 20.4. The maximum absolute atomic E-state index is 13.5. The highest BCUT2D eigenvalue weighted by Crippen LogP contribution is 2.24. The number of hydrogen-bond acceptors (Lipinski definition) is 5. The lowest BCUT2D eigenvalue weighted by molar-refractivity contribution is -0.139. The third-order valence-corrected chi connectivity index (χ3v) is 6.70. The van der Waals surface area contributed by atoms with E-state index in [4.69, 9.17) is 9.72 Å². The van der Waals surface area contributed by atoms with Gasteiger partial charge in [-0.05, 0) is 36.2 Å². The maximum Gasteiger partial charge on any atom is 0.247 e. The van der Waals surface area contributed by atoms with E-state index in [-0.39, 0.29) is 24.8 Å². The summed E-state index contributed by atoms with van der Waals surface area (Å²) in [5, 5.41) is 5.73. The Morgan fingerprint density at radius 2 is 1.64 bits per heavy atom. The Balaban J connectivity index is 1.57. The van der Waals surface area contributed by atoms with Gasteiger partial charge in [0.15, 0.2) is 0 Å². The first-order valence-corrected chi connectivity index (χ1v) is 12.7. The third-order valence-electron chi connectivity index (χ3n) is 5.87. The quantitative estimate of drug-likeness (QED) is 0.299. The van der Waals surface area contributed by atoms with E-state index in [1.54, 1.807) is 36.3 Å². The summed E-state index contributed by atoms with van der Waals surface area (Å²) >= 11 is 1.49. The lowest BCUT2D eigenvalue weighted by Crippen LogP contribution is -2.47. The molecule has 0 aliphatic carbocycles. The number of rotatable bonds is 10. The van der Waals surface area contributed by atoms with Gasteiger partial charge >= 0.3 is 0 Å². The van der Waals surface area contributed by atoms with Gasteiger partial charge < -0.3 is 15.0 Å². The van der Waals surface area contributed by atoms with E-state index < -0.39 is 6.04 Å². The smallest absolute Gasteiger partial charge is 0.247 e. The molecule has 0 spiro atoms. The molecule has 7 heteroatoms. The van der Waals surface area contributed by atoms with Gasteiger partial charge in [0.2, 0.25) is 11.8 Å². The topological polar surface area (TPSA) is 71.5 Å². The number of carbonyl (C=O) groups is 2. The Morgan fingerprint density at radius 3 is 2.28 bits per heavy atom. The van der Waals surface area contributed by atoms with Crippen molar-refractivity contribution in [3.8, 4) is 17.0 Å². The highest BCUT2D eigenvalue weighted by atomic mass is 32.1. The summed E-state index contributed by atoms with van der Waals surface area (Å²) in [5.41, 5.74) is 3.44. The number of hydrogen-bond donors (Lipinski definition) is 1. The molecule has 3 aromatic carbocycles. The molecule has 6 nitrogen and oxygen atoms in total. The first kappa shape index (κ1) is 25.1. The zero-order chi connectivity index (χ0) is 25.3. The molecule has 0 aliphatic rings. The van der Waals surface area contributed by atoms with Crippen molar-refractivity contribution in [1.29, 1.82) is 0 Å². The Labute approximate surface area is 215 Å². The molecule has 1 N–H and O–H groups in total. The van der Waals surface area contributed by atoms with Gasteiger partial charge in [-0.25, -0.2) is 4.98 Å². The molecule has 4 rings (SSSR count). The van der Waals surface area contributed by atoms with Crippen molar-refractivity contribution in [1.82, 2.24) is 9.88 Å². The molecule has 0 radical (unpaired) electrons. The van der Waals surface area contributed by atoms with Gasteiger partial charge in [0.05, 0.1) is 25.8 Å². The summed E-state index contributed by atoms with van der Waals surface area (Å²) in [6.45, 7) is 2.18. The average Bonchev–Trinajstić information content (AvgIpc) is 3.39. The average molecular weight is 500 g/mol. The molecule has 1 aromatic heterocycles. The first-order valence-electron chi connectivity index (χ1n) is 11.9. The minimum atomic E-state index is -0.646. The molecule has 0 fully saturated rings. The van der Waals surface area contributed by atoms with Gasteiger partial charge in [-0.1, -0.05) is 67.6 Å².